The first-order valence-electron chi connectivity index (χ1n) is 6.38. The summed E-state index contributed by atoms with van der Waals surface area (Å²) in [4.78, 5) is 22.8. The van der Waals surface area contributed by atoms with Crippen LogP contribution in [0.1, 0.15) is 24.3 Å². The highest BCUT2D eigenvalue weighted by atomic mass is 16.6. The molecule has 0 amide bonds. The summed E-state index contributed by atoms with van der Waals surface area (Å²) in [5, 5.41) is 11.4. The summed E-state index contributed by atoms with van der Waals surface area (Å²) in [5.74, 6) is 0.130. The number of hydrogen-bond donors (Lipinski definition) is 0. The average Bonchev–Trinajstić information content (AvgIpc) is 2.45. The lowest BCUT2D eigenvalue weighted by Crippen LogP contribution is -2.46. The maximum Gasteiger partial charge on any atom is 0.246 e. The zero-order chi connectivity index (χ0) is 14.7. The number of nitrogens with zero attached hydrogens (tertiary/aromatic N) is 1. The molecule has 3 atom stereocenters. The fraction of sp³-hybridized carbons (Fsp3) is 0.500. The van der Waals surface area contributed by atoms with Gasteiger partial charge in [0, 0.05) is 24.9 Å². The minimum absolute atomic E-state index is 0.0113. The number of ketones is 1. The predicted octanol–water partition coefficient (Wildman–Crippen LogP) is 1.80. The standard InChI is InChI=1S/C14H17NO5/c1-19-11-5-3-4-9(6-11)12-7-10(16)8-13(20-2)14(12)15(17)18/h3-6,12-14H,7-8H2,1-2H3/t12-,13-,14-/m0/s1. The second-order valence-corrected chi connectivity index (χ2v) is 4.88. The van der Waals surface area contributed by atoms with Gasteiger partial charge < -0.3 is 9.47 Å². The first-order chi connectivity index (χ1) is 9.56. The molecule has 2 rings (SSSR count). The highest BCUT2D eigenvalue weighted by Crippen LogP contribution is 2.35. The summed E-state index contributed by atoms with van der Waals surface area (Å²) in [6, 6.07) is 6.15. The van der Waals surface area contributed by atoms with Crippen LogP contribution in [-0.4, -0.2) is 37.1 Å². The van der Waals surface area contributed by atoms with E-state index in [0.29, 0.717) is 5.75 Å². The van der Waals surface area contributed by atoms with E-state index in [1.807, 2.05) is 0 Å². The molecule has 108 valence electrons. The van der Waals surface area contributed by atoms with Gasteiger partial charge >= 0.3 is 0 Å². The van der Waals surface area contributed by atoms with Gasteiger partial charge in [-0.3, -0.25) is 14.9 Å². The Kier molecular flexibility index (Phi) is 4.34. The van der Waals surface area contributed by atoms with Gasteiger partial charge in [-0.25, -0.2) is 0 Å². The number of ether oxygens (including phenoxy) is 2. The number of nitro groups is 1. The molecule has 1 aliphatic rings. The molecule has 1 aromatic rings. The summed E-state index contributed by atoms with van der Waals surface area (Å²) < 4.78 is 10.3. The predicted molar refractivity (Wildman–Crippen MR) is 71.6 cm³/mol. The summed E-state index contributed by atoms with van der Waals surface area (Å²) in [5.41, 5.74) is 0.737. The number of rotatable bonds is 4. The molecule has 0 aliphatic heterocycles. The van der Waals surface area contributed by atoms with Crippen molar-refractivity contribution in [2.24, 2.45) is 0 Å². The average molecular weight is 279 g/mol. The smallest absolute Gasteiger partial charge is 0.246 e. The number of carbonyl (C=O) groups excluding carboxylic acids is 1. The van der Waals surface area contributed by atoms with Crippen molar-refractivity contribution in [1.82, 2.24) is 0 Å². The number of carbonyl (C=O) groups is 1. The topological polar surface area (TPSA) is 78.7 Å². The first-order valence-corrected chi connectivity index (χ1v) is 6.38. The van der Waals surface area contributed by atoms with Crippen molar-refractivity contribution >= 4 is 5.78 Å². The molecule has 1 fully saturated rings. The van der Waals surface area contributed by atoms with E-state index in [4.69, 9.17) is 9.47 Å². The summed E-state index contributed by atoms with van der Waals surface area (Å²) in [7, 11) is 2.94. The first kappa shape index (κ1) is 14.5. The Balaban J connectivity index is 2.38. The van der Waals surface area contributed by atoms with Crippen molar-refractivity contribution in [2.45, 2.75) is 30.9 Å². The zero-order valence-corrected chi connectivity index (χ0v) is 11.4. The van der Waals surface area contributed by atoms with Crippen LogP contribution in [0.3, 0.4) is 0 Å². The van der Waals surface area contributed by atoms with E-state index >= 15 is 0 Å². The monoisotopic (exact) mass is 279 g/mol. The lowest BCUT2D eigenvalue weighted by Gasteiger charge is -2.30. The summed E-state index contributed by atoms with van der Waals surface area (Å²) in [6.45, 7) is 0. The van der Waals surface area contributed by atoms with Gasteiger partial charge in [-0.05, 0) is 17.7 Å². The van der Waals surface area contributed by atoms with Gasteiger partial charge in [-0.1, -0.05) is 12.1 Å². The number of methoxy groups -OCH3 is 2. The molecule has 0 heterocycles. The van der Waals surface area contributed by atoms with Crippen molar-refractivity contribution in [3.8, 4) is 5.75 Å². The molecule has 0 N–H and O–H groups in total. The lowest BCUT2D eigenvalue weighted by molar-refractivity contribution is -0.540. The van der Waals surface area contributed by atoms with Gasteiger partial charge in [0.25, 0.3) is 0 Å². The largest absolute Gasteiger partial charge is 0.497 e. The van der Waals surface area contributed by atoms with E-state index in [-0.39, 0.29) is 23.5 Å². The van der Waals surface area contributed by atoms with Crippen LogP contribution in [-0.2, 0) is 9.53 Å². The van der Waals surface area contributed by atoms with Gasteiger partial charge in [0.2, 0.25) is 6.04 Å². The van der Waals surface area contributed by atoms with Crippen molar-refractivity contribution < 1.29 is 19.2 Å². The van der Waals surface area contributed by atoms with E-state index in [1.54, 1.807) is 24.3 Å². The minimum atomic E-state index is -0.912. The lowest BCUT2D eigenvalue weighted by atomic mass is 9.78. The maximum atomic E-state index is 11.8. The van der Waals surface area contributed by atoms with Gasteiger partial charge in [0.15, 0.2) is 0 Å². The van der Waals surface area contributed by atoms with Gasteiger partial charge in [-0.15, -0.1) is 0 Å². The Hall–Kier alpha value is -1.95. The van der Waals surface area contributed by atoms with Gasteiger partial charge in [-0.2, -0.15) is 0 Å². The molecule has 6 nitrogen and oxygen atoms in total. The fourth-order valence-electron chi connectivity index (χ4n) is 2.75. The molecule has 0 aromatic heterocycles. The van der Waals surface area contributed by atoms with Crippen LogP contribution in [0.4, 0.5) is 0 Å². The molecule has 20 heavy (non-hydrogen) atoms. The van der Waals surface area contributed by atoms with Crippen molar-refractivity contribution in [3.05, 3.63) is 39.9 Å². The summed E-state index contributed by atoms with van der Waals surface area (Å²) >= 11 is 0. The Labute approximate surface area is 116 Å². The molecule has 0 spiro atoms. The third-order valence-corrected chi connectivity index (χ3v) is 3.74. The third kappa shape index (κ3) is 2.80. The van der Waals surface area contributed by atoms with Crippen LogP contribution in [0.25, 0.3) is 0 Å². The zero-order valence-electron chi connectivity index (χ0n) is 11.4. The minimum Gasteiger partial charge on any atom is -0.497 e. The molecular formula is C14H17NO5. The molecule has 0 saturated heterocycles. The highest BCUT2D eigenvalue weighted by molar-refractivity contribution is 5.81. The van der Waals surface area contributed by atoms with Crippen LogP contribution in [0.15, 0.2) is 24.3 Å². The van der Waals surface area contributed by atoms with Crippen molar-refractivity contribution in [1.29, 1.82) is 0 Å². The van der Waals surface area contributed by atoms with Crippen LogP contribution >= 0.6 is 0 Å². The SMILES string of the molecule is COc1cccc([C@@H]2CC(=O)C[C@H](OC)[C@H]2[N+](=O)[O-])c1. The Morgan fingerprint density at radius 1 is 1.30 bits per heavy atom. The Morgan fingerprint density at radius 2 is 2.05 bits per heavy atom. The molecule has 1 aromatic carbocycles. The molecular weight excluding hydrogens is 262 g/mol. The molecule has 0 bridgehead atoms. The maximum absolute atomic E-state index is 11.8. The normalized spacial score (nSPS) is 26.3. The van der Waals surface area contributed by atoms with Crippen molar-refractivity contribution in [2.75, 3.05) is 14.2 Å². The van der Waals surface area contributed by atoms with Crippen LogP contribution in [0, 0.1) is 10.1 Å². The van der Waals surface area contributed by atoms with E-state index in [1.165, 1.54) is 14.2 Å². The molecule has 0 radical (unpaired) electrons. The fourth-order valence-corrected chi connectivity index (χ4v) is 2.75. The van der Waals surface area contributed by atoms with E-state index in [9.17, 15) is 14.9 Å². The van der Waals surface area contributed by atoms with E-state index in [0.717, 1.165) is 5.56 Å². The quantitative estimate of drug-likeness (QED) is 0.620. The third-order valence-electron chi connectivity index (χ3n) is 3.74. The van der Waals surface area contributed by atoms with Gasteiger partial charge in [0.05, 0.1) is 13.0 Å². The Morgan fingerprint density at radius 3 is 2.65 bits per heavy atom. The van der Waals surface area contributed by atoms with Gasteiger partial charge in [0.1, 0.15) is 17.6 Å². The number of hydrogen-bond acceptors (Lipinski definition) is 5. The summed E-state index contributed by atoms with van der Waals surface area (Å²) in [6.07, 6.45) is -0.413. The Bertz CT molecular complexity index is 516. The molecule has 1 saturated carbocycles. The van der Waals surface area contributed by atoms with E-state index in [2.05, 4.69) is 0 Å². The number of Topliss-reactive ketones (excluding diaryl/α,β-unsaturated/α-hetero) is 1. The molecule has 6 heteroatoms. The molecule has 1 aliphatic carbocycles. The second kappa shape index (κ2) is 6.00. The van der Waals surface area contributed by atoms with Crippen molar-refractivity contribution in [3.63, 3.8) is 0 Å². The second-order valence-electron chi connectivity index (χ2n) is 4.88. The molecule has 0 unspecified atom stereocenters. The highest BCUT2D eigenvalue weighted by Gasteiger charge is 2.46. The number of benzene rings is 1. The van der Waals surface area contributed by atoms with E-state index < -0.39 is 18.1 Å². The van der Waals surface area contributed by atoms with Crippen LogP contribution in [0.2, 0.25) is 0 Å². The van der Waals surface area contributed by atoms with Crippen LogP contribution < -0.4 is 4.74 Å². The van der Waals surface area contributed by atoms with Crippen LogP contribution in [0.5, 0.6) is 5.75 Å².